The molecule has 0 radical (unpaired) electrons. The minimum atomic E-state index is -0.221. The summed E-state index contributed by atoms with van der Waals surface area (Å²) in [5.74, 6) is -0.221. The van der Waals surface area contributed by atoms with Gasteiger partial charge < -0.3 is 5.32 Å². The van der Waals surface area contributed by atoms with Gasteiger partial charge in [0.15, 0.2) is 0 Å². The molecule has 0 amide bonds. The molecule has 2 rings (SSSR count). The maximum atomic E-state index is 13.9. The molecule has 3 nitrogen and oxygen atoms in total. The molecule has 0 saturated heterocycles. The van der Waals surface area contributed by atoms with E-state index >= 15 is 0 Å². The molecule has 0 bridgehead atoms. The lowest BCUT2D eigenvalue weighted by Crippen LogP contribution is -2.12. The Bertz CT molecular complexity index is 505. The Morgan fingerprint density at radius 2 is 2.22 bits per heavy atom. The highest BCUT2D eigenvalue weighted by molar-refractivity contribution is 7.99. The van der Waals surface area contributed by atoms with Gasteiger partial charge in [0.25, 0.3) is 0 Å². The van der Waals surface area contributed by atoms with Gasteiger partial charge in [0.2, 0.25) is 0 Å². The van der Waals surface area contributed by atoms with Gasteiger partial charge in [0, 0.05) is 18.9 Å². The predicted octanol–water partition coefficient (Wildman–Crippen LogP) is 2.88. The lowest BCUT2D eigenvalue weighted by atomic mass is 10.2. The number of benzene rings is 1. The third kappa shape index (κ3) is 3.27. The highest BCUT2D eigenvalue weighted by Crippen LogP contribution is 2.30. The standard InChI is InChI=1S/C13H14FN3S/c1-2-15-8-10-4-3-5-11(14)13(10)18-12-9-16-6-7-17-12/h3-7,9,15H,2,8H2,1H3. The van der Waals surface area contributed by atoms with E-state index in [0.717, 1.165) is 12.1 Å². The van der Waals surface area contributed by atoms with Crippen LogP contribution in [0.2, 0.25) is 0 Å². The third-order valence-electron chi connectivity index (χ3n) is 2.36. The SMILES string of the molecule is CCNCc1cccc(F)c1Sc1cnccn1. The number of hydrogen-bond acceptors (Lipinski definition) is 4. The Labute approximate surface area is 110 Å². The average Bonchev–Trinajstić information content (AvgIpc) is 2.41. The van der Waals surface area contributed by atoms with Crippen LogP contribution in [0.5, 0.6) is 0 Å². The van der Waals surface area contributed by atoms with Gasteiger partial charge in [-0.3, -0.25) is 4.98 Å². The summed E-state index contributed by atoms with van der Waals surface area (Å²) in [6.45, 7) is 3.53. The van der Waals surface area contributed by atoms with Crippen LogP contribution in [0.1, 0.15) is 12.5 Å². The molecule has 0 atom stereocenters. The van der Waals surface area contributed by atoms with Gasteiger partial charge in [-0.15, -0.1) is 0 Å². The lowest BCUT2D eigenvalue weighted by molar-refractivity contribution is 0.591. The fraction of sp³-hybridized carbons (Fsp3) is 0.231. The van der Waals surface area contributed by atoms with E-state index in [1.165, 1.54) is 17.8 Å². The fourth-order valence-electron chi connectivity index (χ4n) is 1.51. The fourth-order valence-corrected chi connectivity index (χ4v) is 2.38. The van der Waals surface area contributed by atoms with Gasteiger partial charge in [-0.2, -0.15) is 0 Å². The van der Waals surface area contributed by atoms with Gasteiger partial charge in [-0.25, -0.2) is 9.37 Å². The van der Waals surface area contributed by atoms with Crippen LogP contribution in [0.4, 0.5) is 4.39 Å². The summed E-state index contributed by atoms with van der Waals surface area (Å²) < 4.78 is 13.9. The lowest BCUT2D eigenvalue weighted by Gasteiger charge is -2.09. The first kappa shape index (κ1) is 13.0. The Morgan fingerprint density at radius 1 is 1.33 bits per heavy atom. The maximum Gasteiger partial charge on any atom is 0.137 e. The highest BCUT2D eigenvalue weighted by atomic mass is 32.2. The monoisotopic (exact) mass is 263 g/mol. The summed E-state index contributed by atoms with van der Waals surface area (Å²) in [5, 5.41) is 3.90. The van der Waals surface area contributed by atoms with Crippen molar-refractivity contribution in [2.75, 3.05) is 6.54 Å². The summed E-state index contributed by atoms with van der Waals surface area (Å²) in [5.41, 5.74) is 0.938. The minimum Gasteiger partial charge on any atom is -0.313 e. The largest absolute Gasteiger partial charge is 0.313 e. The first-order valence-electron chi connectivity index (χ1n) is 5.73. The molecule has 2 aromatic rings. The molecular formula is C13H14FN3S. The zero-order chi connectivity index (χ0) is 12.8. The molecule has 94 valence electrons. The quantitative estimate of drug-likeness (QED) is 0.900. The number of hydrogen-bond donors (Lipinski definition) is 1. The third-order valence-corrected chi connectivity index (χ3v) is 3.44. The minimum absolute atomic E-state index is 0.221. The van der Waals surface area contributed by atoms with Crippen LogP contribution in [-0.2, 0) is 6.54 Å². The average molecular weight is 263 g/mol. The van der Waals surface area contributed by atoms with Crippen molar-refractivity contribution in [3.63, 3.8) is 0 Å². The zero-order valence-corrected chi connectivity index (χ0v) is 10.9. The topological polar surface area (TPSA) is 37.8 Å². The normalized spacial score (nSPS) is 10.6. The van der Waals surface area contributed by atoms with E-state index in [1.54, 1.807) is 24.7 Å². The van der Waals surface area contributed by atoms with Crippen molar-refractivity contribution in [1.82, 2.24) is 15.3 Å². The first-order chi connectivity index (χ1) is 8.81. The number of halogens is 1. The molecule has 0 aliphatic carbocycles. The van der Waals surface area contributed by atoms with Gasteiger partial charge in [-0.1, -0.05) is 30.8 Å². The van der Waals surface area contributed by atoms with E-state index < -0.39 is 0 Å². The van der Waals surface area contributed by atoms with Crippen LogP contribution in [0.25, 0.3) is 0 Å². The summed E-state index contributed by atoms with van der Waals surface area (Å²) in [4.78, 5) is 8.74. The second-order valence-electron chi connectivity index (χ2n) is 3.65. The van der Waals surface area contributed by atoms with Crippen molar-refractivity contribution in [3.05, 3.63) is 48.2 Å². The van der Waals surface area contributed by atoms with Gasteiger partial charge in [0.1, 0.15) is 10.8 Å². The molecule has 0 aliphatic rings. The summed E-state index contributed by atoms with van der Waals surface area (Å²) >= 11 is 1.30. The Balaban J connectivity index is 2.25. The van der Waals surface area contributed by atoms with Crippen LogP contribution < -0.4 is 5.32 Å². The highest BCUT2D eigenvalue weighted by Gasteiger charge is 2.10. The van der Waals surface area contributed by atoms with Crippen LogP contribution in [0.15, 0.2) is 46.7 Å². The van der Waals surface area contributed by atoms with Crippen LogP contribution >= 0.6 is 11.8 Å². The smallest absolute Gasteiger partial charge is 0.137 e. The molecule has 1 aromatic heterocycles. The van der Waals surface area contributed by atoms with Crippen LogP contribution in [0.3, 0.4) is 0 Å². The van der Waals surface area contributed by atoms with E-state index in [4.69, 9.17) is 0 Å². The van der Waals surface area contributed by atoms with E-state index in [1.807, 2.05) is 13.0 Å². The molecule has 0 fully saturated rings. The van der Waals surface area contributed by atoms with Crippen LogP contribution in [-0.4, -0.2) is 16.5 Å². The number of nitrogens with one attached hydrogen (secondary N) is 1. The number of rotatable bonds is 5. The maximum absolute atomic E-state index is 13.9. The van der Waals surface area contributed by atoms with Crippen LogP contribution in [0, 0.1) is 5.82 Å². The van der Waals surface area contributed by atoms with Gasteiger partial charge in [-0.05, 0) is 18.2 Å². The van der Waals surface area contributed by atoms with Crippen molar-refractivity contribution in [1.29, 1.82) is 0 Å². The Hall–Kier alpha value is -1.46. The molecule has 0 unspecified atom stereocenters. The van der Waals surface area contributed by atoms with Crippen molar-refractivity contribution in [2.24, 2.45) is 0 Å². The second kappa shape index (κ2) is 6.47. The Morgan fingerprint density at radius 3 is 2.94 bits per heavy atom. The molecule has 0 aliphatic heterocycles. The molecule has 1 heterocycles. The van der Waals surface area contributed by atoms with Crippen molar-refractivity contribution < 1.29 is 4.39 Å². The molecule has 18 heavy (non-hydrogen) atoms. The molecule has 0 saturated carbocycles. The number of aromatic nitrogens is 2. The van der Waals surface area contributed by atoms with Gasteiger partial charge >= 0.3 is 0 Å². The van der Waals surface area contributed by atoms with E-state index in [9.17, 15) is 4.39 Å². The molecule has 0 spiro atoms. The second-order valence-corrected chi connectivity index (χ2v) is 4.68. The summed E-state index contributed by atoms with van der Waals surface area (Å²) in [6.07, 6.45) is 4.84. The number of nitrogens with zero attached hydrogens (tertiary/aromatic N) is 2. The zero-order valence-electron chi connectivity index (χ0n) is 10.1. The van der Waals surface area contributed by atoms with Crippen molar-refractivity contribution in [3.8, 4) is 0 Å². The predicted molar refractivity (Wildman–Crippen MR) is 69.9 cm³/mol. The molecular weight excluding hydrogens is 249 g/mol. The summed E-state index contributed by atoms with van der Waals surface area (Å²) in [7, 11) is 0. The van der Waals surface area contributed by atoms with E-state index in [2.05, 4.69) is 15.3 Å². The van der Waals surface area contributed by atoms with E-state index in [-0.39, 0.29) is 5.82 Å². The molecule has 5 heteroatoms. The van der Waals surface area contributed by atoms with Crippen molar-refractivity contribution >= 4 is 11.8 Å². The van der Waals surface area contributed by atoms with Gasteiger partial charge in [0.05, 0.1) is 11.1 Å². The van der Waals surface area contributed by atoms with E-state index in [0.29, 0.717) is 16.5 Å². The van der Waals surface area contributed by atoms with Crippen molar-refractivity contribution in [2.45, 2.75) is 23.4 Å². The molecule has 1 aromatic carbocycles. The summed E-state index contributed by atoms with van der Waals surface area (Å²) in [6, 6.07) is 5.11. The molecule has 1 N–H and O–H groups in total. The Kier molecular flexibility index (Phi) is 4.66. The first-order valence-corrected chi connectivity index (χ1v) is 6.55.